The van der Waals surface area contributed by atoms with Crippen molar-refractivity contribution in [1.82, 2.24) is 5.32 Å². The fourth-order valence-corrected chi connectivity index (χ4v) is 1.42. The van der Waals surface area contributed by atoms with Gasteiger partial charge in [-0.2, -0.15) is 13.2 Å². The summed E-state index contributed by atoms with van der Waals surface area (Å²) in [4.78, 5) is 0. The highest BCUT2D eigenvalue weighted by Crippen LogP contribution is 2.20. The second kappa shape index (κ2) is 7.84. The zero-order valence-corrected chi connectivity index (χ0v) is 9.62. The first kappa shape index (κ1) is 13.5. The molecule has 80 valence electrons. The zero-order valence-electron chi connectivity index (χ0n) is 7.46. The molecule has 0 fully saturated rings. The molecule has 0 aromatic rings. The molecule has 0 heterocycles. The van der Waals surface area contributed by atoms with Crippen LogP contribution in [0.3, 0.4) is 0 Å². The van der Waals surface area contributed by atoms with Crippen molar-refractivity contribution in [3.63, 3.8) is 0 Å². The molecule has 0 saturated carbocycles. The van der Waals surface area contributed by atoms with Gasteiger partial charge in [0.2, 0.25) is 0 Å². The van der Waals surface area contributed by atoms with Crippen LogP contribution < -0.4 is 5.32 Å². The first-order chi connectivity index (χ1) is 6.06. The lowest BCUT2D eigenvalue weighted by Crippen LogP contribution is -2.19. The number of alkyl halides is 4. The number of unbranched alkanes of at least 4 members (excludes halogenated alkanes) is 1. The van der Waals surface area contributed by atoms with Gasteiger partial charge in [0.25, 0.3) is 0 Å². The molecular formula is C8H15F3IN. The van der Waals surface area contributed by atoms with E-state index in [2.05, 4.69) is 27.9 Å². The van der Waals surface area contributed by atoms with E-state index in [0.717, 1.165) is 23.8 Å². The Hall–Kier alpha value is 0.480. The summed E-state index contributed by atoms with van der Waals surface area (Å²) in [5.41, 5.74) is 0. The quantitative estimate of drug-likeness (QED) is 0.433. The second-order valence-electron chi connectivity index (χ2n) is 2.86. The highest BCUT2D eigenvalue weighted by Gasteiger charge is 2.25. The van der Waals surface area contributed by atoms with E-state index >= 15 is 0 Å². The van der Waals surface area contributed by atoms with Gasteiger partial charge in [-0.15, -0.1) is 0 Å². The molecule has 0 aromatic carbocycles. The highest BCUT2D eigenvalue weighted by atomic mass is 127. The van der Waals surface area contributed by atoms with Crippen LogP contribution in [-0.2, 0) is 0 Å². The van der Waals surface area contributed by atoms with E-state index in [0.29, 0.717) is 6.54 Å². The molecule has 13 heavy (non-hydrogen) atoms. The molecule has 0 saturated heterocycles. The van der Waals surface area contributed by atoms with E-state index in [1.54, 1.807) is 0 Å². The van der Waals surface area contributed by atoms with Crippen LogP contribution in [0.5, 0.6) is 0 Å². The van der Waals surface area contributed by atoms with Crippen LogP contribution in [0.1, 0.15) is 25.7 Å². The predicted molar refractivity (Wildman–Crippen MR) is 56.3 cm³/mol. The van der Waals surface area contributed by atoms with Crippen LogP contribution in [0.2, 0.25) is 0 Å². The molecule has 5 heteroatoms. The fraction of sp³-hybridized carbons (Fsp3) is 1.00. The van der Waals surface area contributed by atoms with E-state index in [-0.39, 0.29) is 6.42 Å². The van der Waals surface area contributed by atoms with Crippen LogP contribution in [0.25, 0.3) is 0 Å². The zero-order chi connectivity index (χ0) is 10.2. The normalized spacial score (nSPS) is 12.0. The summed E-state index contributed by atoms with van der Waals surface area (Å²) in [6.45, 7) is 1.31. The Bertz CT molecular complexity index is 116. The Balaban J connectivity index is 3.00. The minimum Gasteiger partial charge on any atom is -0.317 e. The Labute approximate surface area is 90.6 Å². The van der Waals surface area contributed by atoms with Crippen LogP contribution in [0.15, 0.2) is 0 Å². The lowest BCUT2D eigenvalue weighted by molar-refractivity contribution is -0.135. The molecule has 0 spiro atoms. The standard InChI is InChI=1S/C8H15F3IN/c9-8(10,11)4-3-7-13-6-2-1-5-12/h13H,1-7H2. The lowest BCUT2D eigenvalue weighted by atomic mass is 10.3. The molecular weight excluding hydrogens is 294 g/mol. The average molecular weight is 309 g/mol. The molecule has 1 N–H and O–H groups in total. The molecule has 0 atom stereocenters. The number of hydrogen-bond acceptors (Lipinski definition) is 1. The molecule has 0 amide bonds. The maximum Gasteiger partial charge on any atom is 0.389 e. The summed E-state index contributed by atoms with van der Waals surface area (Å²) in [6.07, 6.45) is -2.30. The van der Waals surface area contributed by atoms with E-state index < -0.39 is 12.6 Å². The van der Waals surface area contributed by atoms with Gasteiger partial charge in [-0.25, -0.2) is 0 Å². The van der Waals surface area contributed by atoms with Crippen LogP contribution in [0.4, 0.5) is 13.2 Å². The third-order valence-corrected chi connectivity index (χ3v) is 2.31. The Kier molecular flexibility index (Phi) is 8.13. The molecule has 0 aliphatic heterocycles. The van der Waals surface area contributed by atoms with Crippen molar-refractivity contribution in [2.75, 3.05) is 17.5 Å². The maximum atomic E-state index is 11.7. The largest absolute Gasteiger partial charge is 0.389 e. The Morgan fingerprint density at radius 3 is 2.15 bits per heavy atom. The van der Waals surface area contributed by atoms with Crippen LogP contribution >= 0.6 is 22.6 Å². The first-order valence-electron chi connectivity index (χ1n) is 4.39. The van der Waals surface area contributed by atoms with E-state index in [4.69, 9.17) is 0 Å². The van der Waals surface area contributed by atoms with Crippen molar-refractivity contribution in [2.24, 2.45) is 0 Å². The van der Waals surface area contributed by atoms with Gasteiger partial charge in [0.1, 0.15) is 0 Å². The van der Waals surface area contributed by atoms with Gasteiger partial charge >= 0.3 is 6.18 Å². The molecule has 0 bridgehead atoms. The third-order valence-electron chi connectivity index (χ3n) is 1.55. The SMILES string of the molecule is FC(F)(F)CCCNCCCCI. The van der Waals surface area contributed by atoms with Gasteiger partial charge in [-0.1, -0.05) is 22.6 Å². The summed E-state index contributed by atoms with van der Waals surface area (Å²) in [6, 6.07) is 0. The third kappa shape index (κ3) is 12.5. The minimum absolute atomic E-state index is 0.188. The topological polar surface area (TPSA) is 12.0 Å². The Morgan fingerprint density at radius 2 is 1.62 bits per heavy atom. The monoisotopic (exact) mass is 309 g/mol. The molecule has 0 rings (SSSR count). The van der Waals surface area contributed by atoms with Crippen molar-refractivity contribution in [2.45, 2.75) is 31.9 Å². The van der Waals surface area contributed by atoms with Gasteiger partial charge in [0.05, 0.1) is 0 Å². The summed E-state index contributed by atoms with van der Waals surface area (Å²) >= 11 is 2.29. The number of halogens is 4. The van der Waals surface area contributed by atoms with Gasteiger partial charge in [-0.3, -0.25) is 0 Å². The average Bonchev–Trinajstić information content (AvgIpc) is 2.01. The van der Waals surface area contributed by atoms with Crippen molar-refractivity contribution in [1.29, 1.82) is 0 Å². The van der Waals surface area contributed by atoms with Crippen LogP contribution in [0, 0.1) is 0 Å². The fourth-order valence-electron chi connectivity index (χ4n) is 0.883. The van der Waals surface area contributed by atoms with Gasteiger partial charge < -0.3 is 5.32 Å². The summed E-state index contributed by atoms with van der Waals surface area (Å²) < 4.78 is 36.1. The summed E-state index contributed by atoms with van der Waals surface area (Å²) in [5.74, 6) is 0. The van der Waals surface area contributed by atoms with Gasteiger partial charge in [0.15, 0.2) is 0 Å². The van der Waals surface area contributed by atoms with E-state index in [1.807, 2.05) is 0 Å². The molecule has 0 aliphatic carbocycles. The predicted octanol–water partition coefficient (Wildman–Crippen LogP) is 3.13. The first-order valence-corrected chi connectivity index (χ1v) is 5.92. The van der Waals surface area contributed by atoms with E-state index in [9.17, 15) is 13.2 Å². The second-order valence-corrected chi connectivity index (χ2v) is 3.94. The van der Waals surface area contributed by atoms with Crippen molar-refractivity contribution >= 4 is 22.6 Å². The van der Waals surface area contributed by atoms with Gasteiger partial charge in [-0.05, 0) is 36.8 Å². The maximum absolute atomic E-state index is 11.7. The number of hydrogen-bond donors (Lipinski definition) is 1. The molecule has 0 radical (unpaired) electrons. The van der Waals surface area contributed by atoms with Crippen LogP contribution in [-0.4, -0.2) is 23.7 Å². The van der Waals surface area contributed by atoms with Crippen molar-refractivity contribution in [3.05, 3.63) is 0 Å². The number of nitrogens with one attached hydrogen (secondary N) is 1. The smallest absolute Gasteiger partial charge is 0.317 e. The molecule has 0 unspecified atom stereocenters. The summed E-state index contributed by atoms with van der Waals surface area (Å²) in [5, 5.41) is 2.99. The minimum atomic E-state index is -4.00. The highest BCUT2D eigenvalue weighted by molar-refractivity contribution is 14.1. The molecule has 0 aliphatic rings. The van der Waals surface area contributed by atoms with E-state index in [1.165, 1.54) is 0 Å². The summed E-state index contributed by atoms with van der Waals surface area (Å²) in [7, 11) is 0. The van der Waals surface area contributed by atoms with Gasteiger partial charge in [0, 0.05) is 6.42 Å². The van der Waals surface area contributed by atoms with Crippen molar-refractivity contribution in [3.8, 4) is 0 Å². The lowest BCUT2D eigenvalue weighted by Gasteiger charge is -2.06. The Morgan fingerprint density at radius 1 is 1.00 bits per heavy atom. The molecule has 0 aromatic heterocycles. The molecule has 1 nitrogen and oxygen atoms in total. The van der Waals surface area contributed by atoms with Crippen molar-refractivity contribution < 1.29 is 13.2 Å². The number of rotatable bonds is 7.